The first-order valence-electron chi connectivity index (χ1n) is 8.77. The third-order valence-electron chi connectivity index (χ3n) is 3.97. The molecule has 0 unspecified atom stereocenters. The van der Waals surface area contributed by atoms with Crippen LogP contribution in [0.2, 0.25) is 0 Å². The summed E-state index contributed by atoms with van der Waals surface area (Å²) in [6.45, 7) is 6.02. The van der Waals surface area contributed by atoms with Crippen molar-refractivity contribution in [3.63, 3.8) is 0 Å². The Kier molecular flexibility index (Phi) is 7.09. The molecular weight excluding hydrogens is 390 g/mol. The van der Waals surface area contributed by atoms with Crippen LogP contribution in [0.25, 0.3) is 0 Å². The number of sulfonamides is 1. The topological polar surface area (TPSA) is 75.7 Å². The van der Waals surface area contributed by atoms with Crippen LogP contribution in [0, 0.1) is 11.6 Å². The smallest absolute Gasteiger partial charge is 0.255 e. The molecule has 0 aliphatic rings. The fourth-order valence-electron chi connectivity index (χ4n) is 2.64. The number of carbonyl (C=O) groups excluding carboxylic acids is 1. The number of carbonyl (C=O) groups is 1. The van der Waals surface area contributed by atoms with Crippen LogP contribution in [0.4, 0.5) is 14.5 Å². The fourth-order valence-corrected chi connectivity index (χ4v) is 4.13. The van der Waals surface area contributed by atoms with Crippen LogP contribution in [-0.2, 0) is 10.0 Å². The first kappa shape index (κ1) is 21.8. The van der Waals surface area contributed by atoms with Crippen LogP contribution in [0.5, 0.6) is 5.75 Å². The normalized spacial score (nSPS) is 11.5. The van der Waals surface area contributed by atoms with Crippen molar-refractivity contribution in [3.8, 4) is 5.75 Å². The molecule has 0 saturated heterocycles. The second kappa shape index (κ2) is 9.11. The number of rotatable bonds is 8. The minimum atomic E-state index is -3.76. The summed E-state index contributed by atoms with van der Waals surface area (Å²) in [4.78, 5) is 12.4. The molecule has 2 rings (SSSR count). The third kappa shape index (κ3) is 4.85. The Balaban J connectivity index is 2.45. The van der Waals surface area contributed by atoms with Crippen molar-refractivity contribution in [1.82, 2.24) is 4.31 Å². The molecule has 0 heterocycles. The van der Waals surface area contributed by atoms with Gasteiger partial charge in [0.25, 0.3) is 5.91 Å². The number of amides is 1. The van der Waals surface area contributed by atoms with E-state index < -0.39 is 27.6 Å². The molecule has 9 heteroatoms. The van der Waals surface area contributed by atoms with Gasteiger partial charge in [-0.25, -0.2) is 17.2 Å². The molecule has 28 heavy (non-hydrogen) atoms. The quantitative estimate of drug-likeness (QED) is 0.718. The van der Waals surface area contributed by atoms with E-state index in [0.717, 1.165) is 12.1 Å². The summed E-state index contributed by atoms with van der Waals surface area (Å²) in [7, 11) is -3.76. The van der Waals surface area contributed by atoms with Gasteiger partial charge >= 0.3 is 0 Å². The van der Waals surface area contributed by atoms with E-state index >= 15 is 0 Å². The number of hydrogen-bond acceptors (Lipinski definition) is 4. The highest BCUT2D eigenvalue weighted by atomic mass is 32.2. The molecular formula is C19H22F2N2O4S. The maximum atomic E-state index is 13.4. The zero-order chi connectivity index (χ0) is 20.9. The Labute approximate surface area is 163 Å². The van der Waals surface area contributed by atoms with Gasteiger partial charge in [-0.05, 0) is 37.3 Å². The number of hydrogen-bond donors (Lipinski definition) is 1. The maximum Gasteiger partial charge on any atom is 0.255 e. The van der Waals surface area contributed by atoms with Crippen LogP contribution in [0.15, 0.2) is 41.3 Å². The van der Waals surface area contributed by atoms with Crippen LogP contribution < -0.4 is 10.1 Å². The van der Waals surface area contributed by atoms with Gasteiger partial charge in [0, 0.05) is 24.7 Å². The first-order chi connectivity index (χ1) is 13.2. The minimum Gasteiger partial charge on any atom is -0.492 e. The van der Waals surface area contributed by atoms with E-state index in [0.29, 0.717) is 6.07 Å². The lowest BCUT2D eigenvalue weighted by Gasteiger charge is -2.20. The lowest BCUT2D eigenvalue weighted by atomic mass is 10.2. The maximum absolute atomic E-state index is 13.4. The first-order valence-corrected chi connectivity index (χ1v) is 10.2. The molecule has 0 saturated carbocycles. The van der Waals surface area contributed by atoms with Gasteiger partial charge < -0.3 is 10.1 Å². The fraction of sp³-hybridized carbons (Fsp3) is 0.316. The molecule has 2 aromatic rings. The Morgan fingerprint density at radius 3 is 2.18 bits per heavy atom. The SMILES string of the molecule is CCOc1ccc(S(=O)(=O)N(CC)CC)cc1NC(=O)c1cc(F)cc(F)c1. The van der Waals surface area contributed by atoms with Crippen LogP contribution >= 0.6 is 0 Å². The number of benzene rings is 2. The van der Waals surface area contributed by atoms with Crippen LogP contribution in [0.3, 0.4) is 0 Å². The molecule has 1 N–H and O–H groups in total. The summed E-state index contributed by atoms with van der Waals surface area (Å²) < 4.78 is 58.9. The second-order valence-corrected chi connectivity index (χ2v) is 7.73. The molecule has 0 aliphatic carbocycles. The summed E-state index contributed by atoms with van der Waals surface area (Å²) in [5, 5.41) is 2.47. The van der Waals surface area contributed by atoms with Crippen molar-refractivity contribution in [3.05, 3.63) is 53.6 Å². The molecule has 0 bridgehead atoms. The van der Waals surface area contributed by atoms with Gasteiger partial charge in [0.1, 0.15) is 17.4 Å². The van der Waals surface area contributed by atoms with Crippen molar-refractivity contribution in [2.45, 2.75) is 25.7 Å². The van der Waals surface area contributed by atoms with E-state index in [2.05, 4.69) is 5.32 Å². The zero-order valence-electron chi connectivity index (χ0n) is 15.8. The predicted molar refractivity (Wildman–Crippen MR) is 102 cm³/mol. The van der Waals surface area contributed by atoms with Crippen molar-refractivity contribution >= 4 is 21.6 Å². The Bertz CT molecular complexity index is 940. The van der Waals surface area contributed by atoms with Gasteiger partial charge in [-0.15, -0.1) is 0 Å². The van der Waals surface area contributed by atoms with Gasteiger partial charge in [0.2, 0.25) is 10.0 Å². The Morgan fingerprint density at radius 2 is 1.64 bits per heavy atom. The van der Waals surface area contributed by atoms with Gasteiger partial charge in [0.05, 0.1) is 17.2 Å². The average molecular weight is 412 g/mol. The highest BCUT2D eigenvalue weighted by Crippen LogP contribution is 2.30. The summed E-state index contributed by atoms with van der Waals surface area (Å²) in [6.07, 6.45) is 0. The summed E-state index contributed by atoms with van der Waals surface area (Å²) >= 11 is 0. The van der Waals surface area contributed by atoms with Crippen LogP contribution in [-0.4, -0.2) is 38.3 Å². The average Bonchev–Trinajstić information content (AvgIpc) is 2.63. The molecule has 2 aromatic carbocycles. The Morgan fingerprint density at radius 1 is 1.04 bits per heavy atom. The molecule has 0 fully saturated rings. The van der Waals surface area contributed by atoms with E-state index in [1.54, 1.807) is 20.8 Å². The molecule has 0 aromatic heterocycles. The van der Waals surface area contributed by atoms with Crippen molar-refractivity contribution < 1.29 is 26.7 Å². The van der Waals surface area contributed by atoms with Crippen molar-refractivity contribution in [2.75, 3.05) is 25.0 Å². The standard InChI is InChI=1S/C19H22F2N2O4S/c1-4-23(5-2)28(25,26)16-7-8-18(27-6-3)17(12-16)22-19(24)13-9-14(20)11-15(21)10-13/h7-12H,4-6H2,1-3H3,(H,22,24). The van der Waals surface area contributed by atoms with E-state index in [9.17, 15) is 22.0 Å². The van der Waals surface area contributed by atoms with E-state index in [1.165, 1.54) is 22.5 Å². The van der Waals surface area contributed by atoms with E-state index in [1.807, 2.05) is 0 Å². The van der Waals surface area contributed by atoms with Gasteiger partial charge in [0.15, 0.2) is 0 Å². The van der Waals surface area contributed by atoms with E-state index in [-0.39, 0.29) is 41.6 Å². The van der Waals surface area contributed by atoms with Gasteiger partial charge in [-0.2, -0.15) is 4.31 Å². The molecule has 0 spiro atoms. The number of anilines is 1. The monoisotopic (exact) mass is 412 g/mol. The number of halogens is 2. The largest absolute Gasteiger partial charge is 0.492 e. The van der Waals surface area contributed by atoms with E-state index in [4.69, 9.17) is 4.74 Å². The summed E-state index contributed by atoms with van der Waals surface area (Å²) in [6, 6.07) is 6.51. The highest BCUT2D eigenvalue weighted by molar-refractivity contribution is 7.89. The molecule has 1 amide bonds. The minimum absolute atomic E-state index is 0.0274. The summed E-state index contributed by atoms with van der Waals surface area (Å²) in [5.74, 6) is -2.34. The molecule has 0 aliphatic heterocycles. The lowest BCUT2D eigenvalue weighted by Crippen LogP contribution is -2.30. The summed E-state index contributed by atoms with van der Waals surface area (Å²) in [5.41, 5.74) is -0.151. The Hall–Kier alpha value is -2.52. The molecule has 152 valence electrons. The highest BCUT2D eigenvalue weighted by Gasteiger charge is 2.23. The molecule has 6 nitrogen and oxygen atoms in total. The van der Waals surface area contributed by atoms with Crippen molar-refractivity contribution in [1.29, 1.82) is 0 Å². The second-order valence-electron chi connectivity index (χ2n) is 5.79. The number of nitrogens with zero attached hydrogens (tertiary/aromatic N) is 1. The van der Waals surface area contributed by atoms with Crippen molar-refractivity contribution in [2.24, 2.45) is 0 Å². The predicted octanol–water partition coefficient (Wildman–Crippen LogP) is 3.65. The van der Waals surface area contributed by atoms with Crippen LogP contribution in [0.1, 0.15) is 31.1 Å². The van der Waals surface area contributed by atoms with Gasteiger partial charge in [-0.1, -0.05) is 13.8 Å². The molecule has 0 atom stereocenters. The number of ether oxygens (including phenoxy) is 1. The molecule has 0 radical (unpaired) electrons. The van der Waals surface area contributed by atoms with Gasteiger partial charge in [-0.3, -0.25) is 4.79 Å². The lowest BCUT2D eigenvalue weighted by molar-refractivity contribution is 0.102. The third-order valence-corrected chi connectivity index (χ3v) is 6.01. The number of nitrogens with one attached hydrogen (secondary N) is 1. The zero-order valence-corrected chi connectivity index (χ0v) is 16.6.